The fraction of sp³-hybridized carbons (Fsp3) is 0.727. The first-order valence-electron chi connectivity index (χ1n) is 5.25. The molecule has 1 aromatic heterocycles. The van der Waals surface area contributed by atoms with Crippen molar-refractivity contribution in [3.63, 3.8) is 0 Å². The summed E-state index contributed by atoms with van der Waals surface area (Å²) < 4.78 is 2.05. The maximum Gasteiger partial charge on any atom is 0.141 e. The van der Waals surface area contributed by atoms with E-state index in [1.807, 2.05) is 6.20 Å². The van der Waals surface area contributed by atoms with Crippen molar-refractivity contribution in [2.24, 2.45) is 5.41 Å². The highest BCUT2D eigenvalue weighted by Gasteiger charge is 2.49. The second-order valence-corrected chi connectivity index (χ2v) is 4.79. The zero-order valence-corrected chi connectivity index (χ0v) is 9.12. The number of hydrogen-bond acceptors (Lipinski definition) is 2. The lowest BCUT2D eigenvalue weighted by Gasteiger charge is -2.38. The second kappa shape index (κ2) is 2.83. The first-order valence-corrected chi connectivity index (χ1v) is 5.25. The van der Waals surface area contributed by atoms with Crippen molar-refractivity contribution in [2.45, 2.75) is 45.8 Å². The molecule has 1 unspecified atom stereocenters. The van der Waals surface area contributed by atoms with Crippen LogP contribution in [0.2, 0.25) is 0 Å². The zero-order chi connectivity index (χ0) is 10.4. The van der Waals surface area contributed by atoms with Gasteiger partial charge in [-0.05, 0) is 6.42 Å². The van der Waals surface area contributed by atoms with Gasteiger partial charge in [-0.2, -0.15) is 0 Å². The van der Waals surface area contributed by atoms with Gasteiger partial charge < -0.3 is 9.67 Å². The molecule has 0 bridgehead atoms. The van der Waals surface area contributed by atoms with Crippen LogP contribution < -0.4 is 0 Å². The monoisotopic (exact) mass is 194 g/mol. The van der Waals surface area contributed by atoms with Gasteiger partial charge in [0.15, 0.2) is 0 Å². The van der Waals surface area contributed by atoms with E-state index in [0.717, 1.165) is 25.2 Å². The van der Waals surface area contributed by atoms with Gasteiger partial charge in [-0.3, -0.25) is 0 Å². The van der Waals surface area contributed by atoms with Gasteiger partial charge >= 0.3 is 0 Å². The third-order valence-corrected chi connectivity index (χ3v) is 3.80. The fourth-order valence-electron chi connectivity index (χ4n) is 2.18. The van der Waals surface area contributed by atoms with Gasteiger partial charge in [-0.1, -0.05) is 20.8 Å². The quantitative estimate of drug-likeness (QED) is 0.781. The minimum absolute atomic E-state index is 0.105. The molecule has 3 heteroatoms. The molecule has 78 valence electrons. The Labute approximate surface area is 84.8 Å². The molecule has 3 nitrogen and oxygen atoms in total. The molecule has 0 aliphatic carbocycles. The van der Waals surface area contributed by atoms with E-state index in [1.54, 1.807) is 6.20 Å². The standard InChI is InChI=1S/C11H18N2O/c1-4-10(2,3)11(14)5-7-13-8-6-12-9(11)13/h6,8,14H,4-5,7H2,1-3H3. The Morgan fingerprint density at radius 2 is 2.36 bits per heavy atom. The highest BCUT2D eigenvalue weighted by molar-refractivity contribution is 5.14. The summed E-state index contributed by atoms with van der Waals surface area (Å²) in [5, 5.41) is 10.7. The molecule has 1 N–H and O–H groups in total. The van der Waals surface area contributed by atoms with E-state index in [4.69, 9.17) is 0 Å². The lowest BCUT2D eigenvalue weighted by Crippen LogP contribution is -2.40. The van der Waals surface area contributed by atoms with Crippen LogP contribution in [-0.4, -0.2) is 14.7 Å². The van der Waals surface area contributed by atoms with Crippen LogP contribution in [0.25, 0.3) is 0 Å². The number of imidazole rings is 1. The summed E-state index contributed by atoms with van der Waals surface area (Å²) in [7, 11) is 0. The van der Waals surface area contributed by atoms with Crippen molar-refractivity contribution in [3.05, 3.63) is 18.2 Å². The summed E-state index contributed by atoms with van der Waals surface area (Å²) in [4.78, 5) is 4.28. The Balaban J connectivity index is 2.45. The predicted octanol–water partition coefficient (Wildman–Crippen LogP) is 1.91. The fourth-order valence-corrected chi connectivity index (χ4v) is 2.18. The third kappa shape index (κ3) is 1.05. The lowest BCUT2D eigenvalue weighted by atomic mass is 9.72. The van der Waals surface area contributed by atoms with Crippen molar-refractivity contribution in [2.75, 3.05) is 0 Å². The van der Waals surface area contributed by atoms with Crippen molar-refractivity contribution >= 4 is 0 Å². The molecule has 1 aliphatic rings. The number of hydrogen-bond donors (Lipinski definition) is 1. The summed E-state index contributed by atoms with van der Waals surface area (Å²) in [5.74, 6) is 0.837. The number of nitrogens with zero attached hydrogens (tertiary/aromatic N) is 2. The Bertz CT molecular complexity index is 343. The van der Waals surface area contributed by atoms with Gasteiger partial charge in [-0.25, -0.2) is 4.98 Å². The third-order valence-electron chi connectivity index (χ3n) is 3.80. The Kier molecular flexibility index (Phi) is 1.96. The molecule has 0 spiro atoms. The molecular weight excluding hydrogens is 176 g/mol. The van der Waals surface area contributed by atoms with Crippen LogP contribution in [0.15, 0.2) is 12.4 Å². The first-order chi connectivity index (χ1) is 6.51. The smallest absolute Gasteiger partial charge is 0.141 e. The molecule has 1 aromatic rings. The van der Waals surface area contributed by atoms with E-state index >= 15 is 0 Å². The maximum atomic E-state index is 10.7. The van der Waals surface area contributed by atoms with E-state index in [2.05, 4.69) is 30.3 Å². The molecule has 14 heavy (non-hydrogen) atoms. The number of aryl methyl sites for hydroxylation is 1. The molecule has 0 saturated carbocycles. The van der Waals surface area contributed by atoms with Gasteiger partial charge in [0, 0.05) is 30.8 Å². The molecule has 0 radical (unpaired) electrons. The molecule has 0 fully saturated rings. The van der Waals surface area contributed by atoms with Crippen molar-refractivity contribution in [1.82, 2.24) is 9.55 Å². The van der Waals surface area contributed by atoms with Crippen LogP contribution in [0.5, 0.6) is 0 Å². The first kappa shape index (κ1) is 9.71. The van der Waals surface area contributed by atoms with Crippen molar-refractivity contribution < 1.29 is 5.11 Å². The summed E-state index contributed by atoms with van der Waals surface area (Å²) in [6.45, 7) is 7.22. The molecule has 1 atom stereocenters. The largest absolute Gasteiger partial charge is 0.381 e. The number of aromatic nitrogens is 2. The molecular formula is C11H18N2O. The van der Waals surface area contributed by atoms with E-state index in [1.165, 1.54) is 0 Å². The molecule has 2 rings (SSSR count). The molecule has 0 saturated heterocycles. The lowest BCUT2D eigenvalue weighted by molar-refractivity contribution is -0.0774. The topological polar surface area (TPSA) is 38.0 Å². The number of aliphatic hydroxyl groups is 1. The zero-order valence-electron chi connectivity index (χ0n) is 9.12. The van der Waals surface area contributed by atoms with Gasteiger partial charge in [0.05, 0.1) is 0 Å². The van der Waals surface area contributed by atoms with Crippen LogP contribution in [-0.2, 0) is 12.1 Å². The maximum absolute atomic E-state index is 10.7. The highest BCUT2D eigenvalue weighted by Crippen LogP contribution is 2.47. The summed E-state index contributed by atoms with van der Waals surface area (Å²) in [6.07, 6.45) is 5.46. The predicted molar refractivity (Wildman–Crippen MR) is 54.8 cm³/mol. The van der Waals surface area contributed by atoms with Crippen LogP contribution in [0, 0.1) is 5.41 Å². The molecule has 0 amide bonds. The molecule has 2 heterocycles. The van der Waals surface area contributed by atoms with E-state index in [-0.39, 0.29) is 5.41 Å². The summed E-state index contributed by atoms with van der Waals surface area (Å²) >= 11 is 0. The Morgan fingerprint density at radius 1 is 1.64 bits per heavy atom. The van der Waals surface area contributed by atoms with E-state index in [9.17, 15) is 5.11 Å². The normalized spacial score (nSPS) is 26.6. The van der Waals surface area contributed by atoms with Crippen molar-refractivity contribution in [1.29, 1.82) is 0 Å². The Morgan fingerprint density at radius 3 is 3.00 bits per heavy atom. The van der Waals surface area contributed by atoms with E-state index in [0.29, 0.717) is 0 Å². The van der Waals surface area contributed by atoms with E-state index < -0.39 is 5.60 Å². The number of rotatable bonds is 2. The van der Waals surface area contributed by atoms with Gasteiger partial charge in [0.2, 0.25) is 0 Å². The van der Waals surface area contributed by atoms with Crippen LogP contribution in [0.3, 0.4) is 0 Å². The molecule has 1 aliphatic heterocycles. The van der Waals surface area contributed by atoms with Crippen LogP contribution in [0.4, 0.5) is 0 Å². The summed E-state index contributed by atoms with van der Waals surface area (Å²) in [5.41, 5.74) is -0.849. The minimum atomic E-state index is -0.745. The highest BCUT2D eigenvalue weighted by atomic mass is 16.3. The minimum Gasteiger partial charge on any atom is -0.381 e. The average molecular weight is 194 g/mol. The van der Waals surface area contributed by atoms with Crippen LogP contribution in [0.1, 0.15) is 39.4 Å². The van der Waals surface area contributed by atoms with Crippen LogP contribution >= 0.6 is 0 Å². The van der Waals surface area contributed by atoms with Crippen molar-refractivity contribution in [3.8, 4) is 0 Å². The van der Waals surface area contributed by atoms with Gasteiger partial charge in [0.1, 0.15) is 11.4 Å². The second-order valence-electron chi connectivity index (χ2n) is 4.79. The van der Waals surface area contributed by atoms with Gasteiger partial charge in [0.25, 0.3) is 0 Å². The molecule has 0 aromatic carbocycles. The SMILES string of the molecule is CCC(C)(C)C1(O)CCn2ccnc21. The Hall–Kier alpha value is -0.830. The number of fused-ring (bicyclic) bond motifs is 1. The van der Waals surface area contributed by atoms with Gasteiger partial charge in [-0.15, -0.1) is 0 Å². The summed E-state index contributed by atoms with van der Waals surface area (Å²) in [6, 6.07) is 0. The average Bonchev–Trinajstić information content (AvgIpc) is 2.70.